The highest BCUT2D eigenvalue weighted by Crippen LogP contribution is 2.09. The average Bonchev–Trinajstić information content (AvgIpc) is 2.42. The average molecular weight is 208 g/mol. The normalized spacial score (nSPS) is 10.5. The summed E-state index contributed by atoms with van der Waals surface area (Å²) in [5.74, 6) is 0.440. The van der Waals surface area contributed by atoms with Crippen LogP contribution in [0.1, 0.15) is 26.0 Å². The van der Waals surface area contributed by atoms with Gasteiger partial charge < -0.3 is 5.73 Å². The molecule has 0 saturated heterocycles. The second-order valence-corrected chi connectivity index (χ2v) is 3.97. The Morgan fingerprint density at radius 1 is 1.60 bits per heavy atom. The Morgan fingerprint density at radius 2 is 2.27 bits per heavy atom. The van der Waals surface area contributed by atoms with Crippen molar-refractivity contribution in [3.8, 4) is 6.07 Å². The minimum atomic E-state index is -0.221. The highest BCUT2D eigenvalue weighted by atomic mass is 16.1. The van der Waals surface area contributed by atoms with Crippen LogP contribution in [0.3, 0.4) is 0 Å². The summed E-state index contributed by atoms with van der Waals surface area (Å²) in [7, 11) is 0. The Labute approximate surface area is 88.5 Å². The number of aromatic nitrogens is 2. The molecule has 0 amide bonds. The van der Waals surface area contributed by atoms with Crippen molar-refractivity contribution in [1.82, 2.24) is 9.78 Å². The number of anilines is 1. The number of nitrogen functional groups attached to an aromatic ring is 1. The number of hydrogen-bond donors (Lipinski definition) is 2. The van der Waals surface area contributed by atoms with E-state index in [0.717, 1.165) is 12.1 Å². The number of hydrogen-bond acceptors (Lipinski definition) is 3. The fourth-order valence-corrected chi connectivity index (χ4v) is 1.43. The summed E-state index contributed by atoms with van der Waals surface area (Å²) in [6.45, 7) is 4.49. The summed E-state index contributed by atoms with van der Waals surface area (Å²) in [5, 5.41) is 11.4. The van der Waals surface area contributed by atoms with Crippen molar-refractivity contribution in [2.24, 2.45) is 5.92 Å². The summed E-state index contributed by atoms with van der Waals surface area (Å²) in [6, 6.07) is 1.99. The lowest BCUT2D eigenvalue weighted by Gasteiger charge is -2.02. The van der Waals surface area contributed by atoms with Crippen LogP contribution in [-0.4, -0.2) is 9.78 Å². The lowest BCUT2D eigenvalue weighted by molar-refractivity contribution is 0.577. The lowest BCUT2D eigenvalue weighted by Crippen LogP contribution is -2.18. The van der Waals surface area contributed by atoms with E-state index in [0.29, 0.717) is 18.9 Å². The zero-order valence-corrected chi connectivity index (χ0v) is 9.08. The van der Waals surface area contributed by atoms with Gasteiger partial charge in [-0.15, -0.1) is 0 Å². The first-order valence-electron chi connectivity index (χ1n) is 5.00. The molecule has 0 aliphatic carbocycles. The van der Waals surface area contributed by atoms with Gasteiger partial charge in [0.1, 0.15) is 5.69 Å². The number of rotatable bonds is 4. The van der Waals surface area contributed by atoms with Gasteiger partial charge in [-0.3, -0.25) is 14.6 Å². The van der Waals surface area contributed by atoms with E-state index in [1.54, 1.807) is 0 Å². The number of nitrogens with one attached hydrogen (secondary N) is 1. The van der Waals surface area contributed by atoms with Crippen LogP contribution in [0, 0.1) is 17.2 Å². The van der Waals surface area contributed by atoms with Crippen molar-refractivity contribution in [3.63, 3.8) is 0 Å². The number of aryl methyl sites for hydroxylation is 1. The molecule has 5 heteroatoms. The molecule has 1 rings (SSSR count). The second-order valence-electron chi connectivity index (χ2n) is 3.97. The van der Waals surface area contributed by atoms with Crippen molar-refractivity contribution < 1.29 is 0 Å². The summed E-state index contributed by atoms with van der Waals surface area (Å²) in [5.41, 5.74) is 6.51. The van der Waals surface area contributed by atoms with E-state index < -0.39 is 0 Å². The Hall–Kier alpha value is -1.70. The molecule has 0 radical (unpaired) electrons. The molecular weight excluding hydrogens is 192 g/mol. The molecule has 0 aliphatic heterocycles. The number of nitrogens with two attached hydrogens (primary N) is 1. The maximum Gasteiger partial charge on any atom is 0.289 e. The highest BCUT2D eigenvalue weighted by molar-refractivity contribution is 5.40. The molecule has 1 heterocycles. The largest absolute Gasteiger partial charge is 0.393 e. The minimum absolute atomic E-state index is 0.221. The van der Waals surface area contributed by atoms with Gasteiger partial charge in [0, 0.05) is 0 Å². The summed E-state index contributed by atoms with van der Waals surface area (Å²) in [6.07, 6.45) is 1.06. The summed E-state index contributed by atoms with van der Waals surface area (Å²) in [4.78, 5) is 11.6. The fourth-order valence-electron chi connectivity index (χ4n) is 1.43. The molecule has 15 heavy (non-hydrogen) atoms. The van der Waals surface area contributed by atoms with E-state index in [9.17, 15) is 4.79 Å². The van der Waals surface area contributed by atoms with Crippen molar-refractivity contribution in [2.45, 2.75) is 33.2 Å². The SMILES string of the molecule is CC(C)Cc1[nH]n(CCC#N)c(=O)c1N. The van der Waals surface area contributed by atoms with E-state index in [4.69, 9.17) is 11.0 Å². The molecule has 0 aliphatic rings. The molecule has 0 spiro atoms. The maximum atomic E-state index is 11.6. The molecule has 1 aromatic rings. The first kappa shape index (κ1) is 11.4. The van der Waals surface area contributed by atoms with E-state index in [1.165, 1.54) is 4.68 Å². The van der Waals surface area contributed by atoms with Crippen molar-refractivity contribution in [2.75, 3.05) is 5.73 Å². The number of nitrogens with zero attached hydrogens (tertiary/aromatic N) is 2. The van der Waals surface area contributed by atoms with E-state index >= 15 is 0 Å². The molecule has 0 unspecified atom stereocenters. The third-order valence-corrected chi connectivity index (χ3v) is 2.13. The first-order chi connectivity index (χ1) is 7.06. The molecule has 0 saturated carbocycles. The zero-order valence-electron chi connectivity index (χ0n) is 9.08. The lowest BCUT2D eigenvalue weighted by atomic mass is 10.1. The molecule has 0 atom stereocenters. The van der Waals surface area contributed by atoms with E-state index in [1.807, 2.05) is 6.07 Å². The maximum absolute atomic E-state index is 11.6. The summed E-state index contributed by atoms with van der Waals surface area (Å²) < 4.78 is 1.40. The van der Waals surface area contributed by atoms with Crippen LogP contribution in [0.2, 0.25) is 0 Å². The molecule has 82 valence electrons. The molecule has 0 fully saturated rings. The molecular formula is C10H16N4O. The van der Waals surface area contributed by atoms with Crippen LogP contribution < -0.4 is 11.3 Å². The van der Waals surface area contributed by atoms with Gasteiger partial charge in [0.25, 0.3) is 5.56 Å². The van der Waals surface area contributed by atoms with Gasteiger partial charge >= 0.3 is 0 Å². The van der Waals surface area contributed by atoms with Crippen LogP contribution in [0.15, 0.2) is 4.79 Å². The number of aromatic amines is 1. The van der Waals surface area contributed by atoms with Gasteiger partial charge in [0.15, 0.2) is 0 Å². The molecule has 5 nitrogen and oxygen atoms in total. The third-order valence-electron chi connectivity index (χ3n) is 2.13. The Bertz CT molecular complexity index is 422. The smallest absolute Gasteiger partial charge is 0.289 e. The quantitative estimate of drug-likeness (QED) is 0.769. The zero-order chi connectivity index (χ0) is 11.4. The fraction of sp³-hybridized carbons (Fsp3) is 0.600. The Kier molecular flexibility index (Phi) is 3.56. The molecule has 0 aromatic carbocycles. The summed E-state index contributed by atoms with van der Waals surface area (Å²) >= 11 is 0. The van der Waals surface area contributed by atoms with Crippen LogP contribution in [0.4, 0.5) is 5.69 Å². The van der Waals surface area contributed by atoms with E-state index in [-0.39, 0.29) is 11.2 Å². The van der Waals surface area contributed by atoms with Crippen LogP contribution in [0.25, 0.3) is 0 Å². The number of H-pyrrole nitrogens is 1. The Morgan fingerprint density at radius 3 is 2.80 bits per heavy atom. The predicted molar refractivity (Wildman–Crippen MR) is 58.2 cm³/mol. The monoisotopic (exact) mass is 208 g/mol. The van der Waals surface area contributed by atoms with Gasteiger partial charge in [-0.05, 0) is 12.3 Å². The van der Waals surface area contributed by atoms with Crippen molar-refractivity contribution >= 4 is 5.69 Å². The van der Waals surface area contributed by atoms with Gasteiger partial charge in [0.05, 0.1) is 24.7 Å². The van der Waals surface area contributed by atoms with Crippen molar-refractivity contribution in [1.29, 1.82) is 5.26 Å². The van der Waals surface area contributed by atoms with Crippen LogP contribution >= 0.6 is 0 Å². The third kappa shape index (κ3) is 2.62. The first-order valence-corrected chi connectivity index (χ1v) is 5.00. The van der Waals surface area contributed by atoms with Gasteiger partial charge in [-0.1, -0.05) is 13.8 Å². The van der Waals surface area contributed by atoms with E-state index in [2.05, 4.69) is 18.9 Å². The number of nitriles is 1. The van der Waals surface area contributed by atoms with Gasteiger partial charge in [0.2, 0.25) is 0 Å². The standard InChI is InChI=1S/C10H16N4O/c1-7(2)6-8-9(12)10(15)14(13-8)5-3-4-11/h7,13H,3,5-6,12H2,1-2H3. The Balaban J connectivity index is 2.92. The topological polar surface area (TPSA) is 87.6 Å². The minimum Gasteiger partial charge on any atom is -0.393 e. The molecule has 0 bridgehead atoms. The molecule has 3 N–H and O–H groups in total. The second kappa shape index (κ2) is 4.69. The molecule has 1 aromatic heterocycles. The van der Waals surface area contributed by atoms with Crippen LogP contribution in [-0.2, 0) is 13.0 Å². The van der Waals surface area contributed by atoms with Crippen LogP contribution in [0.5, 0.6) is 0 Å². The highest BCUT2D eigenvalue weighted by Gasteiger charge is 2.11. The predicted octanol–water partition coefficient (Wildman–Crippen LogP) is 0.871. The van der Waals surface area contributed by atoms with Gasteiger partial charge in [-0.2, -0.15) is 5.26 Å². The van der Waals surface area contributed by atoms with Crippen molar-refractivity contribution in [3.05, 3.63) is 16.0 Å². The van der Waals surface area contributed by atoms with Gasteiger partial charge in [-0.25, -0.2) is 0 Å².